The third kappa shape index (κ3) is 1.58. The molecule has 2 nitrogen and oxygen atoms in total. The molecule has 0 spiro atoms. The van der Waals surface area contributed by atoms with Crippen LogP contribution in [0.5, 0.6) is 0 Å². The number of allylic oxidation sites excluding steroid dienone is 3. The van der Waals surface area contributed by atoms with Crippen molar-refractivity contribution >= 4 is 5.91 Å². The maximum absolute atomic E-state index is 11.0. The summed E-state index contributed by atoms with van der Waals surface area (Å²) in [5.41, 5.74) is 1.57. The van der Waals surface area contributed by atoms with Crippen LogP contribution < -0.4 is 5.32 Å². The first kappa shape index (κ1) is 7.79. The number of rotatable bonds is 1. The molecule has 1 aliphatic rings. The molecule has 2 heteroatoms. The summed E-state index contributed by atoms with van der Waals surface area (Å²) in [6.07, 6.45) is 5.50. The molecular weight excluding hydrogens is 138 g/mol. The Morgan fingerprint density at radius 3 is 2.82 bits per heavy atom. The molecule has 58 valence electrons. The predicted octanol–water partition coefficient (Wildman–Crippen LogP) is 1.17. The van der Waals surface area contributed by atoms with E-state index in [2.05, 4.69) is 11.9 Å². The van der Waals surface area contributed by atoms with Crippen LogP contribution in [0.1, 0.15) is 6.92 Å². The number of carbonyl (C=O) groups excluding carboxylic acids is 1. The Kier molecular flexibility index (Phi) is 2.26. The lowest BCUT2D eigenvalue weighted by Gasteiger charge is -1.89. The van der Waals surface area contributed by atoms with Crippen LogP contribution in [0.15, 0.2) is 36.0 Å². The highest BCUT2D eigenvalue weighted by Crippen LogP contribution is 2.12. The molecule has 0 bridgehead atoms. The summed E-state index contributed by atoms with van der Waals surface area (Å²) >= 11 is 0. The minimum Gasteiger partial charge on any atom is -0.348 e. The van der Waals surface area contributed by atoms with E-state index in [1.54, 1.807) is 6.08 Å². The Morgan fingerprint density at radius 2 is 2.36 bits per heavy atom. The number of hydrogen-bond acceptors (Lipinski definition) is 1. The van der Waals surface area contributed by atoms with Gasteiger partial charge in [0.15, 0.2) is 0 Å². The highest BCUT2D eigenvalue weighted by atomic mass is 16.2. The van der Waals surface area contributed by atoms with Crippen LogP contribution >= 0.6 is 0 Å². The van der Waals surface area contributed by atoms with E-state index in [0.717, 1.165) is 5.57 Å². The van der Waals surface area contributed by atoms with Gasteiger partial charge in [-0.15, -0.1) is 0 Å². The first-order chi connectivity index (χ1) is 5.25. The van der Waals surface area contributed by atoms with E-state index >= 15 is 0 Å². The van der Waals surface area contributed by atoms with Crippen molar-refractivity contribution in [1.29, 1.82) is 0 Å². The summed E-state index contributed by atoms with van der Waals surface area (Å²) in [4.78, 5) is 11.0. The lowest BCUT2D eigenvalue weighted by atomic mass is 10.1. The molecule has 0 radical (unpaired) electrons. The Hall–Kier alpha value is -1.31. The summed E-state index contributed by atoms with van der Waals surface area (Å²) in [7, 11) is 0. The lowest BCUT2D eigenvalue weighted by Crippen LogP contribution is -2.13. The maximum atomic E-state index is 11.0. The molecule has 1 N–H and O–H groups in total. The minimum atomic E-state index is -0.0203. The van der Waals surface area contributed by atoms with Crippen molar-refractivity contribution in [2.75, 3.05) is 6.54 Å². The second-order valence-corrected chi connectivity index (χ2v) is 2.39. The molecule has 0 unspecified atom stereocenters. The van der Waals surface area contributed by atoms with Gasteiger partial charge in [0.2, 0.25) is 0 Å². The fourth-order valence-electron chi connectivity index (χ4n) is 0.924. The van der Waals surface area contributed by atoms with Crippen molar-refractivity contribution in [2.24, 2.45) is 0 Å². The van der Waals surface area contributed by atoms with E-state index in [4.69, 9.17) is 0 Å². The van der Waals surface area contributed by atoms with E-state index in [-0.39, 0.29) is 5.91 Å². The summed E-state index contributed by atoms with van der Waals surface area (Å²) in [5, 5.41) is 2.69. The fourth-order valence-corrected chi connectivity index (χ4v) is 0.924. The zero-order valence-corrected chi connectivity index (χ0v) is 6.55. The number of nitrogens with one attached hydrogen (secondary N) is 1. The van der Waals surface area contributed by atoms with Crippen LogP contribution in [0.3, 0.4) is 0 Å². The van der Waals surface area contributed by atoms with Gasteiger partial charge in [-0.3, -0.25) is 4.79 Å². The van der Waals surface area contributed by atoms with Crippen molar-refractivity contribution in [2.45, 2.75) is 6.92 Å². The van der Waals surface area contributed by atoms with Crippen molar-refractivity contribution in [3.05, 3.63) is 36.0 Å². The third-order valence-electron chi connectivity index (χ3n) is 1.54. The van der Waals surface area contributed by atoms with Crippen molar-refractivity contribution < 1.29 is 4.79 Å². The average molecular weight is 149 g/mol. The molecule has 1 rings (SSSR count). The average Bonchev–Trinajstić information content (AvgIpc) is 2.29. The van der Waals surface area contributed by atoms with Gasteiger partial charge in [-0.2, -0.15) is 0 Å². The van der Waals surface area contributed by atoms with Gasteiger partial charge in [-0.25, -0.2) is 0 Å². The minimum absolute atomic E-state index is 0.0203. The van der Waals surface area contributed by atoms with Crippen molar-refractivity contribution in [1.82, 2.24) is 5.32 Å². The van der Waals surface area contributed by atoms with Crippen LogP contribution in [-0.4, -0.2) is 12.5 Å². The van der Waals surface area contributed by atoms with Gasteiger partial charge in [0.25, 0.3) is 5.91 Å². The molecule has 0 aromatic heterocycles. The van der Waals surface area contributed by atoms with Gasteiger partial charge in [0, 0.05) is 12.1 Å². The van der Waals surface area contributed by atoms with Crippen LogP contribution in [0.4, 0.5) is 0 Å². The number of hydrogen-bond donors (Lipinski definition) is 1. The van der Waals surface area contributed by atoms with Crippen molar-refractivity contribution in [3.8, 4) is 0 Å². The van der Waals surface area contributed by atoms with Crippen LogP contribution in [0.25, 0.3) is 0 Å². The highest BCUT2D eigenvalue weighted by Gasteiger charge is 2.18. The first-order valence-corrected chi connectivity index (χ1v) is 3.55. The maximum Gasteiger partial charge on any atom is 0.251 e. The Labute approximate surface area is 66.3 Å². The van der Waals surface area contributed by atoms with Crippen molar-refractivity contribution in [3.63, 3.8) is 0 Å². The van der Waals surface area contributed by atoms with Crippen LogP contribution in [0.2, 0.25) is 0 Å². The second-order valence-electron chi connectivity index (χ2n) is 2.39. The number of amides is 1. The highest BCUT2D eigenvalue weighted by molar-refractivity contribution is 6.01. The number of carbonyl (C=O) groups is 1. The molecule has 0 atom stereocenters. The molecule has 1 heterocycles. The zero-order valence-electron chi connectivity index (χ0n) is 6.55. The van der Waals surface area contributed by atoms with Gasteiger partial charge in [0.05, 0.1) is 0 Å². The first-order valence-electron chi connectivity index (χ1n) is 3.55. The molecule has 1 amide bonds. The monoisotopic (exact) mass is 149 g/mol. The van der Waals surface area contributed by atoms with Gasteiger partial charge < -0.3 is 5.32 Å². The smallest absolute Gasteiger partial charge is 0.251 e. The SMILES string of the molecule is C=C1CNC(=O)/C1=C/C=C\C. The van der Waals surface area contributed by atoms with E-state index in [1.807, 2.05) is 19.1 Å². The normalized spacial score (nSPS) is 21.7. The van der Waals surface area contributed by atoms with E-state index in [0.29, 0.717) is 12.1 Å². The van der Waals surface area contributed by atoms with E-state index < -0.39 is 0 Å². The topological polar surface area (TPSA) is 29.1 Å². The molecule has 11 heavy (non-hydrogen) atoms. The summed E-state index contributed by atoms with van der Waals surface area (Å²) in [6.45, 7) is 6.25. The molecule has 1 saturated heterocycles. The van der Waals surface area contributed by atoms with E-state index in [9.17, 15) is 4.79 Å². The largest absolute Gasteiger partial charge is 0.348 e. The van der Waals surface area contributed by atoms with E-state index in [1.165, 1.54) is 0 Å². The summed E-state index contributed by atoms with van der Waals surface area (Å²) < 4.78 is 0. The van der Waals surface area contributed by atoms with Crippen LogP contribution in [0, 0.1) is 0 Å². The van der Waals surface area contributed by atoms with Gasteiger partial charge in [0.1, 0.15) is 0 Å². The van der Waals surface area contributed by atoms with Gasteiger partial charge in [-0.05, 0) is 18.6 Å². The van der Waals surface area contributed by atoms with Crippen LogP contribution in [-0.2, 0) is 4.79 Å². The van der Waals surface area contributed by atoms with Gasteiger partial charge in [-0.1, -0.05) is 18.7 Å². The molecule has 0 saturated carbocycles. The third-order valence-corrected chi connectivity index (χ3v) is 1.54. The molecule has 0 aromatic rings. The molecule has 0 aromatic carbocycles. The molecule has 1 fully saturated rings. The Morgan fingerprint density at radius 1 is 1.64 bits per heavy atom. The summed E-state index contributed by atoms with van der Waals surface area (Å²) in [5.74, 6) is -0.0203. The standard InChI is InChI=1S/C9H11NO/c1-3-4-5-8-7(2)6-10-9(8)11/h3-5H,2,6H2,1H3,(H,10,11)/b4-3-,8-5+. The van der Waals surface area contributed by atoms with Gasteiger partial charge >= 0.3 is 0 Å². The second kappa shape index (κ2) is 3.19. The zero-order chi connectivity index (χ0) is 8.27. The Bertz CT molecular complexity index is 230. The predicted molar refractivity (Wildman–Crippen MR) is 45.0 cm³/mol. The lowest BCUT2D eigenvalue weighted by molar-refractivity contribution is -0.116. The molecular formula is C9H11NO. The molecule has 0 aliphatic carbocycles. The fraction of sp³-hybridized carbons (Fsp3) is 0.222. The Balaban J connectivity index is 2.84. The molecule has 1 aliphatic heterocycles. The quantitative estimate of drug-likeness (QED) is 0.557. The summed E-state index contributed by atoms with van der Waals surface area (Å²) in [6, 6.07) is 0.